The quantitative estimate of drug-likeness (QED) is 0.785. The summed E-state index contributed by atoms with van der Waals surface area (Å²) in [6.45, 7) is 1.89. The molecule has 0 bridgehead atoms. The Bertz CT molecular complexity index is 289. The Hall–Kier alpha value is -1.03. The third-order valence-electron chi connectivity index (χ3n) is 2.11. The summed E-state index contributed by atoms with van der Waals surface area (Å²) in [5, 5.41) is 0. The first-order valence-corrected chi connectivity index (χ1v) is 4.38. The van der Waals surface area contributed by atoms with Gasteiger partial charge in [-0.05, 0) is 24.1 Å². The molecule has 0 aliphatic rings. The fourth-order valence-electron chi connectivity index (χ4n) is 1.15. The van der Waals surface area contributed by atoms with Gasteiger partial charge < -0.3 is 5.73 Å². The summed E-state index contributed by atoms with van der Waals surface area (Å²) in [4.78, 5) is 0. The first-order chi connectivity index (χ1) is 6.45. The van der Waals surface area contributed by atoms with Crippen molar-refractivity contribution in [2.24, 2.45) is 5.73 Å². The van der Waals surface area contributed by atoms with E-state index in [-0.39, 0.29) is 6.04 Å². The third kappa shape index (κ3) is 2.48. The molecule has 0 unspecified atom stereocenters. The molecule has 1 aromatic carbocycles. The van der Waals surface area contributed by atoms with Gasteiger partial charge in [-0.1, -0.05) is 19.1 Å². The summed E-state index contributed by atoms with van der Waals surface area (Å²) in [6, 6.07) is 4.79. The Morgan fingerprint density at radius 1 is 1.21 bits per heavy atom. The molecular formula is C10H12F3N. The van der Waals surface area contributed by atoms with Crippen molar-refractivity contribution in [3.63, 3.8) is 0 Å². The van der Waals surface area contributed by atoms with Crippen molar-refractivity contribution in [1.29, 1.82) is 0 Å². The van der Waals surface area contributed by atoms with Crippen LogP contribution in [-0.2, 0) is 6.18 Å². The monoisotopic (exact) mass is 203 g/mol. The maximum Gasteiger partial charge on any atom is 0.416 e. The van der Waals surface area contributed by atoms with Crippen LogP contribution < -0.4 is 5.73 Å². The van der Waals surface area contributed by atoms with Crippen molar-refractivity contribution in [3.8, 4) is 0 Å². The molecule has 1 nitrogen and oxygen atoms in total. The first-order valence-electron chi connectivity index (χ1n) is 4.38. The van der Waals surface area contributed by atoms with Crippen LogP contribution in [0.25, 0.3) is 0 Å². The summed E-state index contributed by atoms with van der Waals surface area (Å²) >= 11 is 0. The lowest BCUT2D eigenvalue weighted by atomic mass is 10.0. The maximum atomic E-state index is 12.2. The van der Waals surface area contributed by atoms with Crippen molar-refractivity contribution in [1.82, 2.24) is 0 Å². The molecule has 0 saturated carbocycles. The standard InChI is InChI=1S/C10H12F3N/c1-2-9(14)7-3-5-8(6-4-7)10(11,12)13/h3-6,9H,2,14H2,1H3/t9-/m0/s1. The van der Waals surface area contributed by atoms with E-state index in [0.29, 0.717) is 6.42 Å². The van der Waals surface area contributed by atoms with E-state index in [9.17, 15) is 13.2 Å². The Balaban J connectivity index is 2.89. The number of alkyl halides is 3. The molecule has 1 aromatic rings. The zero-order valence-electron chi connectivity index (χ0n) is 7.81. The lowest BCUT2D eigenvalue weighted by Crippen LogP contribution is -2.10. The van der Waals surface area contributed by atoms with Gasteiger partial charge in [-0.3, -0.25) is 0 Å². The van der Waals surface area contributed by atoms with Gasteiger partial charge in [0.2, 0.25) is 0 Å². The Morgan fingerprint density at radius 3 is 2.07 bits per heavy atom. The molecule has 2 N–H and O–H groups in total. The van der Waals surface area contributed by atoms with Gasteiger partial charge in [-0.15, -0.1) is 0 Å². The highest BCUT2D eigenvalue weighted by Gasteiger charge is 2.29. The molecule has 0 aliphatic carbocycles. The van der Waals surface area contributed by atoms with Crippen LogP contribution in [0.5, 0.6) is 0 Å². The predicted molar refractivity (Wildman–Crippen MR) is 48.7 cm³/mol. The van der Waals surface area contributed by atoms with E-state index in [2.05, 4.69) is 0 Å². The summed E-state index contributed by atoms with van der Waals surface area (Å²) in [5.41, 5.74) is 5.77. The van der Waals surface area contributed by atoms with Crippen molar-refractivity contribution in [2.75, 3.05) is 0 Å². The minimum atomic E-state index is -4.27. The van der Waals surface area contributed by atoms with Gasteiger partial charge in [0, 0.05) is 6.04 Å². The first kappa shape index (κ1) is 11.0. The highest BCUT2D eigenvalue weighted by molar-refractivity contribution is 5.26. The summed E-state index contributed by atoms with van der Waals surface area (Å²) in [7, 11) is 0. The predicted octanol–water partition coefficient (Wildman–Crippen LogP) is 3.12. The molecule has 0 aliphatic heterocycles. The minimum Gasteiger partial charge on any atom is -0.324 e. The Labute approximate surface area is 80.7 Å². The molecule has 14 heavy (non-hydrogen) atoms. The Morgan fingerprint density at radius 2 is 1.71 bits per heavy atom. The average molecular weight is 203 g/mol. The maximum absolute atomic E-state index is 12.2. The van der Waals surface area contributed by atoms with Crippen LogP contribution in [-0.4, -0.2) is 0 Å². The van der Waals surface area contributed by atoms with Gasteiger partial charge in [0.05, 0.1) is 5.56 Å². The number of rotatable bonds is 2. The van der Waals surface area contributed by atoms with Crippen LogP contribution in [0.4, 0.5) is 13.2 Å². The minimum absolute atomic E-state index is 0.183. The summed E-state index contributed by atoms with van der Waals surface area (Å²) in [5.74, 6) is 0. The molecule has 0 aromatic heterocycles. The van der Waals surface area contributed by atoms with Crippen LogP contribution in [0.1, 0.15) is 30.5 Å². The second kappa shape index (κ2) is 4.00. The number of nitrogens with two attached hydrogens (primary N) is 1. The molecular weight excluding hydrogens is 191 g/mol. The molecule has 78 valence electrons. The zero-order chi connectivity index (χ0) is 10.8. The van der Waals surface area contributed by atoms with E-state index in [1.165, 1.54) is 12.1 Å². The van der Waals surface area contributed by atoms with Gasteiger partial charge in [-0.2, -0.15) is 13.2 Å². The molecule has 0 spiro atoms. The van der Waals surface area contributed by atoms with E-state index in [4.69, 9.17) is 5.73 Å². The van der Waals surface area contributed by atoms with Gasteiger partial charge >= 0.3 is 6.18 Å². The van der Waals surface area contributed by atoms with Crippen molar-refractivity contribution in [2.45, 2.75) is 25.6 Å². The number of hydrogen-bond donors (Lipinski definition) is 1. The second-order valence-electron chi connectivity index (χ2n) is 3.13. The lowest BCUT2D eigenvalue weighted by molar-refractivity contribution is -0.137. The Kier molecular flexibility index (Phi) is 3.16. The van der Waals surface area contributed by atoms with Crippen LogP contribution >= 0.6 is 0 Å². The van der Waals surface area contributed by atoms with Crippen molar-refractivity contribution < 1.29 is 13.2 Å². The topological polar surface area (TPSA) is 26.0 Å². The largest absolute Gasteiger partial charge is 0.416 e. The van der Waals surface area contributed by atoms with E-state index in [1.54, 1.807) is 0 Å². The zero-order valence-corrected chi connectivity index (χ0v) is 7.81. The summed E-state index contributed by atoms with van der Waals surface area (Å²) in [6.07, 6.45) is -3.56. The molecule has 0 amide bonds. The fraction of sp³-hybridized carbons (Fsp3) is 0.400. The van der Waals surface area contributed by atoms with E-state index in [0.717, 1.165) is 17.7 Å². The van der Waals surface area contributed by atoms with E-state index in [1.807, 2.05) is 6.92 Å². The highest BCUT2D eigenvalue weighted by atomic mass is 19.4. The van der Waals surface area contributed by atoms with Crippen LogP contribution in [0, 0.1) is 0 Å². The van der Waals surface area contributed by atoms with Crippen LogP contribution in [0.15, 0.2) is 24.3 Å². The highest BCUT2D eigenvalue weighted by Crippen LogP contribution is 2.29. The summed E-state index contributed by atoms with van der Waals surface area (Å²) < 4.78 is 36.5. The molecule has 4 heteroatoms. The van der Waals surface area contributed by atoms with Gasteiger partial charge in [-0.25, -0.2) is 0 Å². The van der Waals surface area contributed by atoms with Gasteiger partial charge in [0.25, 0.3) is 0 Å². The van der Waals surface area contributed by atoms with Gasteiger partial charge in [0.1, 0.15) is 0 Å². The number of halogens is 3. The molecule has 1 rings (SSSR count). The van der Waals surface area contributed by atoms with E-state index < -0.39 is 11.7 Å². The molecule has 0 heterocycles. The van der Waals surface area contributed by atoms with E-state index >= 15 is 0 Å². The normalized spacial score (nSPS) is 14.1. The number of benzene rings is 1. The van der Waals surface area contributed by atoms with Crippen molar-refractivity contribution >= 4 is 0 Å². The second-order valence-corrected chi connectivity index (χ2v) is 3.13. The fourth-order valence-corrected chi connectivity index (χ4v) is 1.15. The van der Waals surface area contributed by atoms with Gasteiger partial charge in [0.15, 0.2) is 0 Å². The molecule has 0 radical (unpaired) electrons. The van der Waals surface area contributed by atoms with Crippen LogP contribution in [0.3, 0.4) is 0 Å². The van der Waals surface area contributed by atoms with Crippen LogP contribution in [0.2, 0.25) is 0 Å². The molecule has 1 atom stereocenters. The third-order valence-corrected chi connectivity index (χ3v) is 2.11. The van der Waals surface area contributed by atoms with Crippen molar-refractivity contribution in [3.05, 3.63) is 35.4 Å². The molecule has 0 fully saturated rings. The lowest BCUT2D eigenvalue weighted by Gasteiger charge is -2.11. The molecule has 0 saturated heterocycles. The SMILES string of the molecule is CC[C@H](N)c1ccc(C(F)(F)F)cc1. The smallest absolute Gasteiger partial charge is 0.324 e. The average Bonchev–Trinajstić information content (AvgIpc) is 2.15. The number of hydrogen-bond acceptors (Lipinski definition) is 1.